The molecule has 0 radical (unpaired) electrons. The van der Waals surface area contributed by atoms with Crippen molar-refractivity contribution >= 4 is 17.5 Å². The molecule has 0 aliphatic carbocycles. The molecule has 28 heavy (non-hydrogen) atoms. The van der Waals surface area contributed by atoms with E-state index in [1.54, 1.807) is 18.9 Å². The lowest BCUT2D eigenvalue weighted by Gasteiger charge is -2.32. The highest BCUT2D eigenvalue weighted by Crippen LogP contribution is 2.31. The van der Waals surface area contributed by atoms with Crippen molar-refractivity contribution in [3.63, 3.8) is 0 Å². The van der Waals surface area contributed by atoms with E-state index in [2.05, 4.69) is 10.1 Å². The van der Waals surface area contributed by atoms with Crippen LogP contribution in [0.5, 0.6) is 5.75 Å². The summed E-state index contributed by atoms with van der Waals surface area (Å²) in [6.45, 7) is 3.51. The van der Waals surface area contributed by atoms with E-state index in [4.69, 9.17) is 9.26 Å². The van der Waals surface area contributed by atoms with Gasteiger partial charge in [0.1, 0.15) is 5.75 Å². The molecule has 0 saturated carbocycles. The fraction of sp³-hybridized carbons (Fsp3) is 0.500. The Morgan fingerprint density at radius 3 is 2.75 bits per heavy atom. The number of amides is 2. The summed E-state index contributed by atoms with van der Waals surface area (Å²) in [6.07, 6.45) is 1.85. The molecule has 4 rings (SSSR count). The summed E-state index contributed by atoms with van der Waals surface area (Å²) >= 11 is 0. The van der Waals surface area contributed by atoms with Crippen molar-refractivity contribution in [1.82, 2.24) is 15.0 Å². The van der Waals surface area contributed by atoms with E-state index in [0.29, 0.717) is 37.1 Å². The zero-order chi connectivity index (χ0) is 19.7. The maximum atomic E-state index is 13.0. The van der Waals surface area contributed by atoms with Gasteiger partial charge in [-0.15, -0.1) is 0 Å². The third kappa shape index (κ3) is 3.58. The van der Waals surface area contributed by atoms with Gasteiger partial charge in [0.25, 0.3) is 0 Å². The minimum atomic E-state index is -0.305. The zero-order valence-electron chi connectivity index (χ0n) is 16.1. The molecule has 1 atom stereocenters. The largest absolute Gasteiger partial charge is 0.497 e. The summed E-state index contributed by atoms with van der Waals surface area (Å²) in [5.74, 6) is 1.91. The van der Waals surface area contributed by atoms with Gasteiger partial charge in [-0.05, 0) is 31.9 Å². The van der Waals surface area contributed by atoms with Crippen molar-refractivity contribution in [2.75, 3.05) is 31.6 Å². The number of carbonyl (C=O) groups excluding carboxylic acids is 2. The molecular formula is C20H24N4O4. The Labute approximate surface area is 163 Å². The predicted molar refractivity (Wildman–Crippen MR) is 101 cm³/mol. The van der Waals surface area contributed by atoms with Gasteiger partial charge in [0.15, 0.2) is 5.82 Å². The Hall–Kier alpha value is -2.90. The van der Waals surface area contributed by atoms with Gasteiger partial charge in [0.05, 0.1) is 13.0 Å². The van der Waals surface area contributed by atoms with Gasteiger partial charge in [0, 0.05) is 43.7 Å². The number of anilines is 1. The number of hydrogen-bond acceptors (Lipinski definition) is 6. The van der Waals surface area contributed by atoms with Crippen molar-refractivity contribution in [2.45, 2.75) is 32.1 Å². The highest BCUT2D eigenvalue weighted by molar-refractivity contribution is 6.00. The van der Waals surface area contributed by atoms with E-state index < -0.39 is 0 Å². The molecule has 0 N–H and O–H groups in total. The molecule has 2 saturated heterocycles. The smallest absolute Gasteiger partial charge is 0.229 e. The predicted octanol–water partition coefficient (Wildman–Crippen LogP) is 2.15. The summed E-state index contributed by atoms with van der Waals surface area (Å²) in [5, 5.41) is 3.85. The van der Waals surface area contributed by atoms with Gasteiger partial charge in [-0.3, -0.25) is 9.59 Å². The Bertz CT molecular complexity index is 873. The third-order valence-electron chi connectivity index (χ3n) is 5.54. The highest BCUT2D eigenvalue weighted by atomic mass is 16.5. The zero-order valence-corrected chi connectivity index (χ0v) is 16.1. The molecule has 1 aromatic heterocycles. The Balaban J connectivity index is 1.37. The number of nitrogens with zero attached hydrogens (tertiary/aromatic N) is 4. The number of piperidine rings is 1. The van der Waals surface area contributed by atoms with Crippen molar-refractivity contribution in [3.8, 4) is 5.75 Å². The molecule has 2 aliphatic heterocycles. The van der Waals surface area contributed by atoms with Crippen LogP contribution in [-0.2, 0) is 9.59 Å². The van der Waals surface area contributed by atoms with E-state index >= 15 is 0 Å². The second-order valence-electron chi connectivity index (χ2n) is 7.39. The van der Waals surface area contributed by atoms with Crippen LogP contribution in [0.2, 0.25) is 0 Å². The Morgan fingerprint density at radius 1 is 1.29 bits per heavy atom. The first-order chi connectivity index (χ1) is 13.5. The molecule has 0 spiro atoms. The fourth-order valence-electron chi connectivity index (χ4n) is 3.98. The van der Waals surface area contributed by atoms with Crippen LogP contribution < -0.4 is 9.64 Å². The van der Waals surface area contributed by atoms with E-state index in [1.165, 1.54) is 0 Å². The van der Waals surface area contributed by atoms with Crippen molar-refractivity contribution in [3.05, 3.63) is 36.0 Å². The van der Waals surface area contributed by atoms with Crippen LogP contribution in [0.1, 0.15) is 36.9 Å². The maximum absolute atomic E-state index is 13.0. The van der Waals surface area contributed by atoms with Crippen LogP contribution in [0.4, 0.5) is 5.69 Å². The molecule has 2 amide bonds. The topological polar surface area (TPSA) is 88.8 Å². The average molecular weight is 384 g/mol. The Morgan fingerprint density at radius 2 is 2.07 bits per heavy atom. The summed E-state index contributed by atoms with van der Waals surface area (Å²) in [7, 11) is 1.59. The van der Waals surface area contributed by atoms with E-state index in [-0.39, 0.29) is 30.1 Å². The molecule has 8 heteroatoms. The fourth-order valence-corrected chi connectivity index (χ4v) is 3.98. The second kappa shape index (κ2) is 7.61. The number of ether oxygens (including phenoxy) is 1. The molecule has 2 aromatic rings. The van der Waals surface area contributed by atoms with Gasteiger partial charge in [-0.25, -0.2) is 0 Å². The molecule has 3 heterocycles. The number of benzene rings is 1. The third-order valence-corrected chi connectivity index (χ3v) is 5.54. The van der Waals surface area contributed by atoms with Crippen molar-refractivity contribution in [2.24, 2.45) is 5.92 Å². The number of methoxy groups -OCH3 is 1. The summed E-state index contributed by atoms with van der Waals surface area (Å²) in [5.41, 5.74) is 0.769. The minimum Gasteiger partial charge on any atom is -0.497 e. The van der Waals surface area contributed by atoms with Gasteiger partial charge in [0.2, 0.25) is 17.7 Å². The summed E-state index contributed by atoms with van der Waals surface area (Å²) in [4.78, 5) is 33.3. The molecule has 1 aromatic carbocycles. The van der Waals surface area contributed by atoms with Crippen LogP contribution in [0.15, 0.2) is 28.8 Å². The van der Waals surface area contributed by atoms with Crippen LogP contribution >= 0.6 is 0 Å². The van der Waals surface area contributed by atoms with Crippen molar-refractivity contribution < 1.29 is 18.8 Å². The minimum absolute atomic E-state index is 0.0252. The molecule has 8 nitrogen and oxygen atoms in total. The quantitative estimate of drug-likeness (QED) is 0.802. The molecule has 0 unspecified atom stereocenters. The lowest BCUT2D eigenvalue weighted by Crippen LogP contribution is -2.42. The first-order valence-electron chi connectivity index (χ1n) is 9.58. The lowest BCUT2D eigenvalue weighted by molar-refractivity contribution is -0.136. The summed E-state index contributed by atoms with van der Waals surface area (Å²) in [6, 6.07) is 7.37. The van der Waals surface area contributed by atoms with Crippen LogP contribution in [0.25, 0.3) is 0 Å². The van der Waals surface area contributed by atoms with Gasteiger partial charge in [-0.1, -0.05) is 11.2 Å². The van der Waals surface area contributed by atoms with Gasteiger partial charge in [-0.2, -0.15) is 4.98 Å². The second-order valence-corrected chi connectivity index (χ2v) is 7.39. The average Bonchev–Trinajstić information content (AvgIpc) is 3.33. The normalized spacial score (nSPS) is 20.6. The number of carbonyl (C=O) groups is 2. The van der Waals surface area contributed by atoms with E-state index in [9.17, 15) is 9.59 Å². The highest BCUT2D eigenvalue weighted by Gasteiger charge is 2.38. The standard InChI is InChI=1S/C20H24N4O4/c1-13-21-19(28-22-13)14-6-8-23(9-7-14)20(26)15-10-18(25)24(12-15)16-4-3-5-17(11-16)27-2/h3-5,11,14-15H,6-10,12H2,1-2H3/t15-/m1/s1. The number of aryl methyl sites for hydroxylation is 1. The Kier molecular flexibility index (Phi) is 5.02. The summed E-state index contributed by atoms with van der Waals surface area (Å²) < 4.78 is 10.5. The van der Waals surface area contributed by atoms with Crippen molar-refractivity contribution in [1.29, 1.82) is 0 Å². The first kappa shape index (κ1) is 18.5. The van der Waals surface area contributed by atoms with Gasteiger partial charge >= 0.3 is 0 Å². The van der Waals surface area contributed by atoms with Gasteiger partial charge < -0.3 is 19.1 Å². The van der Waals surface area contributed by atoms with Crippen LogP contribution in [0.3, 0.4) is 0 Å². The number of hydrogen-bond donors (Lipinski definition) is 0. The van der Waals surface area contributed by atoms with E-state index in [1.807, 2.05) is 29.2 Å². The molecular weight excluding hydrogens is 360 g/mol. The lowest BCUT2D eigenvalue weighted by atomic mass is 9.95. The van der Waals surface area contributed by atoms with Crippen LogP contribution in [0, 0.1) is 12.8 Å². The molecule has 0 bridgehead atoms. The van der Waals surface area contributed by atoms with Crippen LogP contribution in [-0.4, -0.2) is 53.6 Å². The molecule has 2 aliphatic rings. The van der Waals surface area contributed by atoms with E-state index in [0.717, 1.165) is 18.5 Å². The molecule has 2 fully saturated rings. The number of rotatable bonds is 4. The number of aromatic nitrogens is 2. The molecule has 148 valence electrons. The first-order valence-corrected chi connectivity index (χ1v) is 9.58. The SMILES string of the molecule is COc1cccc(N2C[C@H](C(=O)N3CCC(c4nc(C)no4)CC3)CC2=O)c1. The maximum Gasteiger partial charge on any atom is 0.229 e. The number of likely N-dealkylation sites (tertiary alicyclic amines) is 1. The monoisotopic (exact) mass is 384 g/mol.